The minimum atomic E-state index is -0.424. The van der Waals surface area contributed by atoms with Crippen LogP contribution in [0.2, 0.25) is 0 Å². The molecule has 1 aliphatic carbocycles. The quantitative estimate of drug-likeness (QED) is 0.596. The maximum absolute atomic E-state index is 13.2. The summed E-state index contributed by atoms with van der Waals surface area (Å²) in [5.41, 5.74) is 3.48. The van der Waals surface area contributed by atoms with Crippen LogP contribution in [0.15, 0.2) is 41.8 Å². The van der Waals surface area contributed by atoms with Crippen LogP contribution in [-0.4, -0.2) is 30.5 Å². The van der Waals surface area contributed by atoms with Crippen molar-refractivity contribution in [2.45, 2.75) is 32.1 Å². The lowest BCUT2D eigenvalue weighted by Crippen LogP contribution is -2.18. The molecule has 0 fully saturated rings. The Labute approximate surface area is 173 Å². The molecule has 2 aromatic heterocycles. The summed E-state index contributed by atoms with van der Waals surface area (Å²) < 4.78 is 10.7. The molecule has 5 nitrogen and oxygen atoms in total. The van der Waals surface area contributed by atoms with Crippen LogP contribution in [0.3, 0.4) is 0 Å². The predicted octanol–water partition coefficient (Wildman–Crippen LogP) is 4.77. The first kappa shape index (κ1) is 19.5. The molecule has 3 aromatic rings. The van der Waals surface area contributed by atoms with E-state index in [0.717, 1.165) is 17.0 Å². The molecule has 150 valence electrons. The van der Waals surface area contributed by atoms with Crippen LogP contribution in [-0.2, 0) is 17.6 Å². The van der Waals surface area contributed by atoms with Gasteiger partial charge in [0, 0.05) is 40.5 Å². The van der Waals surface area contributed by atoms with Crippen LogP contribution in [0.25, 0.3) is 0 Å². The summed E-state index contributed by atoms with van der Waals surface area (Å²) in [4.78, 5) is 30.2. The second kappa shape index (κ2) is 8.25. The molecule has 1 aromatic carbocycles. The van der Waals surface area contributed by atoms with Crippen molar-refractivity contribution in [2.75, 3.05) is 13.7 Å². The average Bonchev–Trinajstić information content (AvgIpc) is 3.37. The largest absolute Gasteiger partial charge is 0.496 e. The van der Waals surface area contributed by atoms with Crippen molar-refractivity contribution in [1.82, 2.24) is 4.98 Å². The molecule has 0 unspecified atom stereocenters. The molecule has 0 saturated heterocycles. The highest BCUT2D eigenvalue weighted by atomic mass is 32.1. The van der Waals surface area contributed by atoms with Crippen LogP contribution in [0.4, 0.5) is 0 Å². The number of nitrogens with one attached hydrogen (secondary N) is 1. The second-order valence-corrected chi connectivity index (χ2v) is 8.06. The second-order valence-electron chi connectivity index (χ2n) is 7.08. The maximum Gasteiger partial charge on any atom is 0.355 e. The van der Waals surface area contributed by atoms with E-state index in [2.05, 4.69) is 11.1 Å². The van der Waals surface area contributed by atoms with Gasteiger partial charge in [0.1, 0.15) is 11.4 Å². The highest BCUT2D eigenvalue weighted by molar-refractivity contribution is 7.10. The normalized spacial score (nSPS) is 15.8. The smallest absolute Gasteiger partial charge is 0.355 e. The number of aromatic amines is 1. The summed E-state index contributed by atoms with van der Waals surface area (Å²) in [5.74, 6) is 0.522. The summed E-state index contributed by atoms with van der Waals surface area (Å²) in [6, 6.07) is 11.7. The fourth-order valence-electron chi connectivity index (χ4n) is 4.05. The topological polar surface area (TPSA) is 68.4 Å². The molecule has 1 aliphatic rings. The summed E-state index contributed by atoms with van der Waals surface area (Å²) in [6.07, 6.45) is 1.59. The molecule has 0 spiro atoms. The van der Waals surface area contributed by atoms with Gasteiger partial charge in [0.15, 0.2) is 5.78 Å². The molecule has 6 heteroatoms. The number of ether oxygens (including phenoxy) is 2. The van der Waals surface area contributed by atoms with E-state index in [-0.39, 0.29) is 18.3 Å². The third-order valence-electron chi connectivity index (χ3n) is 5.33. The Bertz CT molecular complexity index is 1040. The van der Waals surface area contributed by atoms with E-state index in [9.17, 15) is 9.59 Å². The fraction of sp³-hybridized carbons (Fsp3) is 0.304. The van der Waals surface area contributed by atoms with Crippen LogP contribution < -0.4 is 4.74 Å². The first-order valence-corrected chi connectivity index (χ1v) is 10.6. The summed E-state index contributed by atoms with van der Waals surface area (Å²) in [5, 5.41) is 2.03. The number of para-hydroxylation sites is 1. The maximum atomic E-state index is 13.2. The molecule has 0 saturated carbocycles. The van der Waals surface area contributed by atoms with Gasteiger partial charge in [0.25, 0.3) is 0 Å². The molecule has 2 heterocycles. The lowest BCUT2D eigenvalue weighted by Gasteiger charge is -2.21. The Morgan fingerprint density at radius 1 is 1.21 bits per heavy atom. The fourth-order valence-corrected chi connectivity index (χ4v) is 4.88. The molecule has 1 atom stereocenters. The van der Waals surface area contributed by atoms with Crippen LogP contribution >= 0.6 is 11.3 Å². The van der Waals surface area contributed by atoms with E-state index in [4.69, 9.17) is 9.47 Å². The van der Waals surface area contributed by atoms with Crippen molar-refractivity contribution in [3.8, 4) is 5.75 Å². The van der Waals surface area contributed by atoms with Gasteiger partial charge in [-0.05, 0) is 36.4 Å². The number of benzene rings is 1. The third-order valence-corrected chi connectivity index (χ3v) is 6.36. The number of hydrogen-bond acceptors (Lipinski definition) is 5. The number of Topliss-reactive ketones (excluding diaryl/α,β-unsaturated/α-hetero) is 1. The van der Waals surface area contributed by atoms with Crippen molar-refractivity contribution >= 4 is 23.1 Å². The number of H-pyrrole nitrogens is 1. The predicted molar refractivity (Wildman–Crippen MR) is 112 cm³/mol. The summed E-state index contributed by atoms with van der Waals surface area (Å²) in [7, 11) is 1.62. The standard InChI is InChI=1S/C23H23NO4S/c1-3-28-23(26)22-16(11-14-7-4-5-8-19(14)27-2)21-17(24-22)12-15(13-18(21)25)20-9-6-10-29-20/h4-10,15,24H,3,11-13H2,1-2H3/t15-/m0/s1. The highest BCUT2D eigenvalue weighted by Gasteiger charge is 2.34. The van der Waals surface area contributed by atoms with Crippen LogP contribution in [0, 0.1) is 0 Å². The van der Waals surface area contributed by atoms with Crippen LogP contribution in [0.1, 0.15) is 61.8 Å². The minimum Gasteiger partial charge on any atom is -0.496 e. The molecule has 0 amide bonds. The monoisotopic (exact) mass is 409 g/mol. The molecular formula is C23H23NO4S. The average molecular weight is 410 g/mol. The lowest BCUT2D eigenvalue weighted by atomic mass is 9.83. The third kappa shape index (κ3) is 3.72. The van der Waals surface area contributed by atoms with Gasteiger partial charge in [0.2, 0.25) is 0 Å². The van der Waals surface area contributed by atoms with Crippen molar-refractivity contribution in [1.29, 1.82) is 0 Å². The Kier molecular flexibility index (Phi) is 5.53. The van der Waals surface area contributed by atoms with E-state index in [0.29, 0.717) is 36.1 Å². The zero-order valence-electron chi connectivity index (χ0n) is 16.5. The van der Waals surface area contributed by atoms with E-state index >= 15 is 0 Å². The van der Waals surface area contributed by atoms with E-state index < -0.39 is 5.97 Å². The molecule has 1 N–H and O–H groups in total. The number of methoxy groups -OCH3 is 1. The number of thiophene rings is 1. The molecule has 0 bridgehead atoms. The van der Waals surface area contributed by atoms with E-state index in [1.54, 1.807) is 25.4 Å². The van der Waals surface area contributed by atoms with Gasteiger partial charge in [-0.1, -0.05) is 24.3 Å². The van der Waals surface area contributed by atoms with Gasteiger partial charge in [-0.15, -0.1) is 11.3 Å². The highest BCUT2D eigenvalue weighted by Crippen LogP contribution is 2.38. The number of carbonyl (C=O) groups is 2. The van der Waals surface area contributed by atoms with E-state index in [1.807, 2.05) is 35.7 Å². The molecular weight excluding hydrogens is 386 g/mol. The number of carbonyl (C=O) groups excluding carboxylic acids is 2. The number of aromatic nitrogens is 1. The molecule has 0 radical (unpaired) electrons. The number of rotatable bonds is 6. The Morgan fingerprint density at radius 3 is 2.76 bits per heavy atom. The van der Waals surface area contributed by atoms with Crippen molar-refractivity contribution in [3.05, 3.63) is 74.7 Å². The van der Waals surface area contributed by atoms with Gasteiger partial charge in [-0.2, -0.15) is 0 Å². The minimum absolute atomic E-state index is 0.0707. The summed E-state index contributed by atoms with van der Waals surface area (Å²) in [6.45, 7) is 2.06. The molecule has 0 aliphatic heterocycles. The van der Waals surface area contributed by atoms with Crippen molar-refractivity contribution in [2.24, 2.45) is 0 Å². The van der Waals surface area contributed by atoms with Gasteiger partial charge < -0.3 is 14.5 Å². The van der Waals surface area contributed by atoms with Gasteiger partial charge >= 0.3 is 5.97 Å². The number of esters is 1. The summed E-state index contributed by atoms with van der Waals surface area (Å²) >= 11 is 1.66. The molecule has 29 heavy (non-hydrogen) atoms. The van der Waals surface area contributed by atoms with E-state index in [1.165, 1.54) is 4.88 Å². The van der Waals surface area contributed by atoms with Gasteiger partial charge in [0.05, 0.1) is 13.7 Å². The number of hydrogen-bond donors (Lipinski definition) is 1. The van der Waals surface area contributed by atoms with Gasteiger partial charge in [-0.25, -0.2) is 4.79 Å². The first-order chi connectivity index (χ1) is 14.1. The zero-order valence-corrected chi connectivity index (χ0v) is 17.3. The Morgan fingerprint density at radius 2 is 2.03 bits per heavy atom. The lowest BCUT2D eigenvalue weighted by molar-refractivity contribution is 0.0519. The Hall–Kier alpha value is -2.86. The van der Waals surface area contributed by atoms with Crippen LogP contribution in [0.5, 0.6) is 5.75 Å². The first-order valence-electron chi connectivity index (χ1n) is 9.71. The SMILES string of the molecule is CCOC(=O)c1[nH]c2c(c1Cc1ccccc1OC)C(=O)C[C@@H](c1cccs1)C2. The molecule has 4 rings (SSSR count). The van der Waals surface area contributed by atoms with Crippen molar-refractivity contribution < 1.29 is 19.1 Å². The Balaban J connectivity index is 1.77. The zero-order chi connectivity index (χ0) is 20.4. The van der Waals surface area contributed by atoms with Crippen molar-refractivity contribution in [3.63, 3.8) is 0 Å². The number of fused-ring (bicyclic) bond motifs is 1. The number of ketones is 1. The van der Waals surface area contributed by atoms with Gasteiger partial charge in [-0.3, -0.25) is 4.79 Å².